The van der Waals surface area contributed by atoms with Gasteiger partial charge in [-0.2, -0.15) is 0 Å². The van der Waals surface area contributed by atoms with Gasteiger partial charge in [-0.05, 0) is 42.2 Å². The summed E-state index contributed by atoms with van der Waals surface area (Å²) in [6.07, 6.45) is 5.04. The molecule has 0 aromatic heterocycles. The topological polar surface area (TPSA) is 21.3 Å². The lowest BCUT2D eigenvalue weighted by Gasteiger charge is -2.28. The SMILES string of the molecule is CC(C)(C)c1ccc(CC2(CNC3CC3)CCOC2)cc1. The summed E-state index contributed by atoms with van der Waals surface area (Å²) in [5.74, 6) is 0. The van der Waals surface area contributed by atoms with E-state index in [4.69, 9.17) is 4.74 Å². The van der Waals surface area contributed by atoms with Crippen LogP contribution in [0.15, 0.2) is 24.3 Å². The third kappa shape index (κ3) is 3.87. The van der Waals surface area contributed by atoms with E-state index in [0.29, 0.717) is 5.41 Å². The van der Waals surface area contributed by atoms with Crippen molar-refractivity contribution >= 4 is 0 Å². The van der Waals surface area contributed by atoms with Crippen LogP contribution in [0.1, 0.15) is 51.2 Å². The molecule has 1 atom stereocenters. The van der Waals surface area contributed by atoms with Crippen molar-refractivity contribution in [2.24, 2.45) is 5.41 Å². The van der Waals surface area contributed by atoms with E-state index in [1.807, 2.05) is 0 Å². The third-order valence-electron chi connectivity index (χ3n) is 4.93. The van der Waals surface area contributed by atoms with Crippen molar-refractivity contribution in [3.63, 3.8) is 0 Å². The molecule has 1 N–H and O–H groups in total. The van der Waals surface area contributed by atoms with Crippen LogP contribution in [-0.4, -0.2) is 25.8 Å². The van der Waals surface area contributed by atoms with Gasteiger partial charge in [0.2, 0.25) is 0 Å². The first-order valence-corrected chi connectivity index (χ1v) is 8.38. The minimum Gasteiger partial charge on any atom is -0.381 e. The Hall–Kier alpha value is -0.860. The second-order valence-electron chi connectivity index (χ2n) is 8.08. The van der Waals surface area contributed by atoms with Gasteiger partial charge >= 0.3 is 0 Å². The molecular weight excluding hydrogens is 258 g/mol. The van der Waals surface area contributed by atoms with Gasteiger partial charge in [0.25, 0.3) is 0 Å². The Morgan fingerprint density at radius 2 is 1.90 bits per heavy atom. The summed E-state index contributed by atoms with van der Waals surface area (Å²) in [5.41, 5.74) is 3.41. The number of ether oxygens (including phenoxy) is 1. The van der Waals surface area contributed by atoms with Crippen LogP contribution in [-0.2, 0) is 16.6 Å². The largest absolute Gasteiger partial charge is 0.381 e. The van der Waals surface area contributed by atoms with Crippen molar-refractivity contribution in [1.29, 1.82) is 0 Å². The normalized spacial score (nSPS) is 26.2. The Balaban J connectivity index is 1.67. The Kier molecular flexibility index (Phi) is 4.11. The first-order chi connectivity index (χ1) is 9.97. The molecule has 2 aliphatic rings. The molecule has 0 spiro atoms. The summed E-state index contributed by atoms with van der Waals surface area (Å²) in [4.78, 5) is 0. The van der Waals surface area contributed by atoms with Crippen LogP contribution in [0.5, 0.6) is 0 Å². The fourth-order valence-corrected chi connectivity index (χ4v) is 3.19. The van der Waals surface area contributed by atoms with Crippen molar-refractivity contribution in [2.45, 2.75) is 57.9 Å². The first kappa shape index (κ1) is 15.1. The van der Waals surface area contributed by atoms with Crippen molar-refractivity contribution in [3.05, 3.63) is 35.4 Å². The summed E-state index contributed by atoms with van der Waals surface area (Å²) >= 11 is 0. The van der Waals surface area contributed by atoms with E-state index in [2.05, 4.69) is 50.4 Å². The maximum absolute atomic E-state index is 5.72. The third-order valence-corrected chi connectivity index (χ3v) is 4.93. The highest BCUT2D eigenvalue weighted by molar-refractivity contribution is 5.28. The molecule has 0 amide bonds. The molecule has 2 nitrogen and oxygen atoms in total. The van der Waals surface area contributed by atoms with Gasteiger partial charge in [-0.3, -0.25) is 0 Å². The Labute approximate surface area is 129 Å². The number of nitrogens with one attached hydrogen (secondary N) is 1. The molecule has 21 heavy (non-hydrogen) atoms. The maximum Gasteiger partial charge on any atom is 0.0538 e. The molecular formula is C19H29NO. The molecule has 1 saturated carbocycles. The standard InChI is InChI=1S/C19H29NO/c1-18(2,3)16-6-4-15(5-7-16)12-19(10-11-21-14-19)13-20-17-8-9-17/h4-7,17,20H,8-14H2,1-3H3. The highest BCUT2D eigenvalue weighted by atomic mass is 16.5. The van der Waals surface area contributed by atoms with Crippen LogP contribution < -0.4 is 5.32 Å². The van der Waals surface area contributed by atoms with Gasteiger partial charge in [-0.25, -0.2) is 0 Å². The second-order valence-corrected chi connectivity index (χ2v) is 8.08. The molecule has 2 heteroatoms. The van der Waals surface area contributed by atoms with E-state index < -0.39 is 0 Å². The van der Waals surface area contributed by atoms with E-state index in [1.165, 1.54) is 30.4 Å². The van der Waals surface area contributed by atoms with Crippen molar-refractivity contribution < 1.29 is 4.74 Å². The Morgan fingerprint density at radius 3 is 2.43 bits per heavy atom. The summed E-state index contributed by atoms with van der Waals surface area (Å²) in [7, 11) is 0. The van der Waals surface area contributed by atoms with Crippen LogP contribution in [0.4, 0.5) is 0 Å². The predicted octanol–water partition coefficient (Wildman–Crippen LogP) is 3.69. The van der Waals surface area contributed by atoms with Gasteiger partial charge in [0.1, 0.15) is 0 Å². The minimum atomic E-state index is 0.236. The smallest absolute Gasteiger partial charge is 0.0538 e. The van der Waals surface area contributed by atoms with E-state index in [-0.39, 0.29) is 5.41 Å². The summed E-state index contributed by atoms with van der Waals surface area (Å²) in [5, 5.41) is 3.72. The molecule has 116 valence electrons. The van der Waals surface area contributed by atoms with E-state index in [1.54, 1.807) is 0 Å². The maximum atomic E-state index is 5.72. The number of benzene rings is 1. The average molecular weight is 287 g/mol. The lowest BCUT2D eigenvalue weighted by Crippen LogP contribution is -2.37. The van der Waals surface area contributed by atoms with Gasteiger partial charge in [0.15, 0.2) is 0 Å². The van der Waals surface area contributed by atoms with Crippen LogP contribution in [0.3, 0.4) is 0 Å². The molecule has 1 heterocycles. The van der Waals surface area contributed by atoms with Crippen LogP contribution in [0.25, 0.3) is 0 Å². The zero-order chi connectivity index (χ0) is 14.9. The van der Waals surface area contributed by atoms with Gasteiger partial charge in [0, 0.05) is 24.6 Å². The van der Waals surface area contributed by atoms with Crippen molar-refractivity contribution in [2.75, 3.05) is 19.8 Å². The van der Waals surface area contributed by atoms with Gasteiger partial charge in [-0.15, -0.1) is 0 Å². The molecule has 1 saturated heterocycles. The molecule has 3 rings (SSSR count). The number of hydrogen-bond donors (Lipinski definition) is 1. The average Bonchev–Trinajstić information content (AvgIpc) is 3.16. The van der Waals surface area contributed by atoms with Gasteiger partial charge in [0.05, 0.1) is 6.61 Å². The molecule has 1 aliphatic carbocycles. The molecule has 2 fully saturated rings. The second kappa shape index (κ2) is 5.73. The molecule has 1 aliphatic heterocycles. The van der Waals surface area contributed by atoms with Gasteiger partial charge < -0.3 is 10.1 Å². The Morgan fingerprint density at radius 1 is 1.19 bits per heavy atom. The van der Waals surface area contributed by atoms with Crippen molar-refractivity contribution in [3.8, 4) is 0 Å². The summed E-state index contributed by atoms with van der Waals surface area (Å²) in [6, 6.07) is 10.0. The lowest BCUT2D eigenvalue weighted by atomic mass is 9.79. The fourth-order valence-electron chi connectivity index (χ4n) is 3.19. The zero-order valence-electron chi connectivity index (χ0n) is 13.7. The van der Waals surface area contributed by atoms with Crippen LogP contribution in [0.2, 0.25) is 0 Å². The lowest BCUT2D eigenvalue weighted by molar-refractivity contribution is 0.149. The summed E-state index contributed by atoms with van der Waals surface area (Å²) < 4.78 is 5.72. The molecule has 1 aromatic carbocycles. The monoisotopic (exact) mass is 287 g/mol. The number of rotatable bonds is 5. The quantitative estimate of drug-likeness (QED) is 0.892. The molecule has 1 aromatic rings. The van der Waals surface area contributed by atoms with Crippen molar-refractivity contribution in [1.82, 2.24) is 5.32 Å². The summed E-state index contributed by atoms with van der Waals surface area (Å²) in [6.45, 7) is 9.76. The van der Waals surface area contributed by atoms with Crippen LogP contribution in [0, 0.1) is 5.41 Å². The fraction of sp³-hybridized carbons (Fsp3) is 0.684. The first-order valence-electron chi connectivity index (χ1n) is 8.38. The molecule has 1 unspecified atom stereocenters. The zero-order valence-corrected chi connectivity index (χ0v) is 13.7. The van der Waals surface area contributed by atoms with E-state index >= 15 is 0 Å². The number of hydrogen-bond acceptors (Lipinski definition) is 2. The van der Waals surface area contributed by atoms with Crippen LogP contribution >= 0.6 is 0 Å². The highest BCUT2D eigenvalue weighted by Crippen LogP contribution is 2.34. The molecule has 0 bridgehead atoms. The highest BCUT2D eigenvalue weighted by Gasteiger charge is 2.36. The minimum absolute atomic E-state index is 0.236. The predicted molar refractivity (Wildman–Crippen MR) is 87.7 cm³/mol. The van der Waals surface area contributed by atoms with E-state index in [9.17, 15) is 0 Å². The van der Waals surface area contributed by atoms with Gasteiger partial charge in [-0.1, -0.05) is 45.0 Å². The Bertz CT molecular complexity index is 461. The van der Waals surface area contributed by atoms with E-state index in [0.717, 1.165) is 32.2 Å². The molecule has 0 radical (unpaired) electrons.